The Balaban J connectivity index is 2.16. The van der Waals surface area contributed by atoms with Gasteiger partial charge in [0, 0.05) is 18.4 Å². The molecule has 2 aromatic rings. The first-order valence-corrected chi connectivity index (χ1v) is 5.70. The molecule has 0 spiro atoms. The molecule has 0 bridgehead atoms. The van der Waals surface area contributed by atoms with Gasteiger partial charge in [0.15, 0.2) is 0 Å². The second-order valence-electron chi connectivity index (χ2n) is 3.89. The SMILES string of the molecule is CC(C)NCc1nnc(-c2ccncc2Cl)o1. The third kappa shape index (κ3) is 3.01. The molecule has 0 aliphatic carbocycles. The van der Waals surface area contributed by atoms with Crippen LogP contribution in [0.1, 0.15) is 19.7 Å². The summed E-state index contributed by atoms with van der Waals surface area (Å²) in [5, 5.41) is 11.6. The van der Waals surface area contributed by atoms with Crippen molar-refractivity contribution in [3.8, 4) is 11.5 Å². The average Bonchev–Trinajstić information content (AvgIpc) is 2.75. The second-order valence-corrected chi connectivity index (χ2v) is 4.30. The Hall–Kier alpha value is -1.46. The summed E-state index contributed by atoms with van der Waals surface area (Å²) in [6, 6.07) is 2.12. The molecule has 5 nitrogen and oxygen atoms in total. The highest BCUT2D eigenvalue weighted by Crippen LogP contribution is 2.25. The smallest absolute Gasteiger partial charge is 0.249 e. The quantitative estimate of drug-likeness (QED) is 0.905. The predicted molar refractivity (Wildman–Crippen MR) is 64.5 cm³/mol. The van der Waals surface area contributed by atoms with Gasteiger partial charge < -0.3 is 9.73 Å². The van der Waals surface area contributed by atoms with Gasteiger partial charge >= 0.3 is 0 Å². The third-order valence-electron chi connectivity index (χ3n) is 2.13. The maximum atomic E-state index is 5.99. The largest absolute Gasteiger partial charge is 0.419 e. The van der Waals surface area contributed by atoms with Crippen molar-refractivity contribution >= 4 is 11.6 Å². The molecular formula is C11H13ClN4O. The van der Waals surface area contributed by atoms with E-state index in [0.29, 0.717) is 35.0 Å². The van der Waals surface area contributed by atoms with E-state index in [2.05, 4.69) is 34.3 Å². The van der Waals surface area contributed by atoms with E-state index in [1.165, 1.54) is 0 Å². The minimum Gasteiger partial charge on any atom is -0.419 e. The van der Waals surface area contributed by atoms with Crippen LogP contribution >= 0.6 is 11.6 Å². The molecule has 17 heavy (non-hydrogen) atoms. The summed E-state index contributed by atoms with van der Waals surface area (Å²) >= 11 is 5.99. The lowest BCUT2D eigenvalue weighted by molar-refractivity contribution is 0.459. The normalized spacial score (nSPS) is 11.1. The molecule has 2 rings (SSSR count). The number of nitrogens with one attached hydrogen (secondary N) is 1. The van der Waals surface area contributed by atoms with Crippen LogP contribution in [0.15, 0.2) is 22.9 Å². The van der Waals surface area contributed by atoms with Crippen molar-refractivity contribution in [2.24, 2.45) is 0 Å². The van der Waals surface area contributed by atoms with Crippen LogP contribution in [0, 0.1) is 0 Å². The maximum Gasteiger partial charge on any atom is 0.249 e. The van der Waals surface area contributed by atoms with E-state index in [1.54, 1.807) is 18.5 Å². The highest BCUT2D eigenvalue weighted by molar-refractivity contribution is 6.32. The lowest BCUT2D eigenvalue weighted by atomic mass is 10.3. The first kappa shape index (κ1) is 12.0. The van der Waals surface area contributed by atoms with Crippen LogP contribution in [0.25, 0.3) is 11.5 Å². The number of pyridine rings is 1. The summed E-state index contributed by atoms with van der Waals surface area (Å²) in [6.45, 7) is 4.65. The maximum absolute atomic E-state index is 5.99. The third-order valence-corrected chi connectivity index (χ3v) is 2.43. The molecule has 6 heteroatoms. The fourth-order valence-corrected chi connectivity index (χ4v) is 1.47. The van der Waals surface area contributed by atoms with Gasteiger partial charge in [-0.3, -0.25) is 4.98 Å². The molecule has 0 unspecified atom stereocenters. The van der Waals surface area contributed by atoms with Crippen molar-refractivity contribution in [2.45, 2.75) is 26.4 Å². The van der Waals surface area contributed by atoms with Gasteiger partial charge in [-0.05, 0) is 6.07 Å². The van der Waals surface area contributed by atoms with Gasteiger partial charge in [-0.1, -0.05) is 25.4 Å². The first-order chi connectivity index (χ1) is 8.16. The molecule has 0 aromatic carbocycles. The molecule has 0 fully saturated rings. The van der Waals surface area contributed by atoms with Crippen molar-refractivity contribution in [3.05, 3.63) is 29.4 Å². The molecule has 2 heterocycles. The molecule has 0 radical (unpaired) electrons. The van der Waals surface area contributed by atoms with Crippen molar-refractivity contribution in [2.75, 3.05) is 0 Å². The molecule has 0 aliphatic rings. The van der Waals surface area contributed by atoms with E-state index in [0.717, 1.165) is 0 Å². The lowest BCUT2D eigenvalue weighted by Crippen LogP contribution is -2.21. The molecule has 1 N–H and O–H groups in total. The van der Waals surface area contributed by atoms with Crippen molar-refractivity contribution in [1.29, 1.82) is 0 Å². The monoisotopic (exact) mass is 252 g/mol. The predicted octanol–water partition coefficient (Wildman–Crippen LogP) is 2.28. The molecular weight excluding hydrogens is 240 g/mol. The summed E-state index contributed by atoms with van der Waals surface area (Å²) in [6.07, 6.45) is 3.19. The van der Waals surface area contributed by atoms with E-state index in [4.69, 9.17) is 16.0 Å². The van der Waals surface area contributed by atoms with Gasteiger partial charge in [0.05, 0.1) is 17.1 Å². The molecule has 0 saturated heterocycles. The molecule has 2 aromatic heterocycles. The van der Waals surface area contributed by atoms with E-state index < -0.39 is 0 Å². The Labute approximate surface area is 104 Å². The van der Waals surface area contributed by atoms with Crippen LogP contribution in [0.4, 0.5) is 0 Å². The van der Waals surface area contributed by atoms with Gasteiger partial charge in [-0.25, -0.2) is 0 Å². The molecule has 0 saturated carbocycles. The van der Waals surface area contributed by atoms with Crippen LogP contribution in [-0.4, -0.2) is 21.2 Å². The van der Waals surface area contributed by atoms with Crippen molar-refractivity contribution < 1.29 is 4.42 Å². The van der Waals surface area contributed by atoms with Crippen LogP contribution in [0.3, 0.4) is 0 Å². The molecule has 0 aliphatic heterocycles. The molecule has 90 valence electrons. The summed E-state index contributed by atoms with van der Waals surface area (Å²) in [7, 11) is 0. The van der Waals surface area contributed by atoms with Gasteiger partial charge in [0.25, 0.3) is 0 Å². The van der Waals surface area contributed by atoms with E-state index >= 15 is 0 Å². The van der Waals surface area contributed by atoms with Crippen molar-refractivity contribution in [1.82, 2.24) is 20.5 Å². The Morgan fingerprint density at radius 3 is 2.94 bits per heavy atom. The van der Waals surface area contributed by atoms with Crippen LogP contribution < -0.4 is 5.32 Å². The zero-order valence-corrected chi connectivity index (χ0v) is 10.4. The Kier molecular flexibility index (Phi) is 3.71. The van der Waals surface area contributed by atoms with Gasteiger partial charge in [0.1, 0.15) is 0 Å². The highest BCUT2D eigenvalue weighted by Gasteiger charge is 2.11. The van der Waals surface area contributed by atoms with Crippen molar-refractivity contribution in [3.63, 3.8) is 0 Å². The number of halogens is 1. The van der Waals surface area contributed by atoms with E-state index in [-0.39, 0.29) is 0 Å². The first-order valence-electron chi connectivity index (χ1n) is 5.32. The fraction of sp³-hybridized carbons (Fsp3) is 0.364. The second kappa shape index (κ2) is 5.25. The average molecular weight is 253 g/mol. The summed E-state index contributed by atoms with van der Waals surface area (Å²) < 4.78 is 5.50. The van der Waals surface area contributed by atoms with E-state index in [1.807, 2.05) is 0 Å². The molecule has 0 atom stereocenters. The number of nitrogens with zero attached hydrogens (tertiary/aromatic N) is 3. The summed E-state index contributed by atoms with van der Waals surface area (Å²) in [5.74, 6) is 0.958. The minimum absolute atomic E-state index is 0.370. The van der Waals surface area contributed by atoms with Crippen LogP contribution in [0.5, 0.6) is 0 Å². The van der Waals surface area contributed by atoms with Gasteiger partial charge in [0.2, 0.25) is 11.8 Å². The lowest BCUT2D eigenvalue weighted by Gasteiger charge is -2.03. The number of rotatable bonds is 4. The summed E-state index contributed by atoms with van der Waals surface area (Å²) in [4.78, 5) is 3.90. The zero-order chi connectivity index (χ0) is 12.3. The minimum atomic E-state index is 0.370. The number of aromatic nitrogens is 3. The van der Waals surface area contributed by atoms with Crippen LogP contribution in [-0.2, 0) is 6.54 Å². The van der Waals surface area contributed by atoms with Gasteiger partial charge in [-0.2, -0.15) is 0 Å². The molecule has 0 amide bonds. The Morgan fingerprint density at radius 2 is 2.24 bits per heavy atom. The van der Waals surface area contributed by atoms with E-state index in [9.17, 15) is 0 Å². The topological polar surface area (TPSA) is 63.8 Å². The number of hydrogen-bond donors (Lipinski definition) is 1. The number of hydrogen-bond acceptors (Lipinski definition) is 5. The Morgan fingerprint density at radius 1 is 1.41 bits per heavy atom. The Bertz CT molecular complexity index is 498. The standard InChI is InChI=1S/C11H13ClN4O/c1-7(2)14-6-10-15-16-11(17-10)8-3-4-13-5-9(8)12/h3-5,7,14H,6H2,1-2H3. The highest BCUT2D eigenvalue weighted by atomic mass is 35.5. The van der Waals surface area contributed by atoms with Crippen LogP contribution in [0.2, 0.25) is 5.02 Å². The van der Waals surface area contributed by atoms with Gasteiger partial charge in [-0.15, -0.1) is 10.2 Å². The fourth-order valence-electron chi connectivity index (χ4n) is 1.27. The summed E-state index contributed by atoms with van der Waals surface area (Å²) in [5.41, 5.74) is 0.699. The zero-order valence-electron chi connectivity index (χ0n) is 9.64.